The van der Waals surface area contributed by atoms with Crippen molar-refractivity contribution in [3.8, 4) is 0 Å². The van der Waals surface area contributed by atoms with E-state index in [2.05, 4.69) is 0 Å². The average Bonchev–Trinajstić information content (AvgIpc) is 2.29. The molecule has 0 atom stereocenters. The molecule has 0 amide bonds. The Labute approximate surface area is 102 Å². The molecule has 0 aliphatic carbocycles. The third kappa shape index (κ3) is 2.09. The maximum absolute atomic E-state index is 13.7. The van der Waals surface area contributed by atoms with E-state index in [1.54, 1.807) is 13.8 Å². The second-order valence-electron chi connectivity index (χ2n) is 3.09. The van der Waals surface area contributed by atoms with Gasteiger partial charge in [0.2, 0.25) is 0 Å². The Bertz CT molecular complexity index is 377. The van der Waals surface area contributed by atoms with Crippen LogP contribution in [-0.2, 0) is 0 Å². The van der Waals surface area contributed by atoms with Gasteiger partial charge in [-0.05, 0) is 13.8 Å². The zero-order valence-electron chi connectivity index (χ0n) is 8.75. The molecule has 0 N–H and O–H groups in total. The van der Waals surface area contributed by atoms with E-state index in [9.17, 15) is 13.2 Å². The summed E-state index contributed by atoms with van der Waals surface area (Å²) in [6.07, 6.45) is 0. The van der Waals surface area contributed by atoms with Crippen LogP contribution in [0.2, 0.25) is 10.0 Å². The van der Waals surface area contributed by atoms with Crippen molar-refractivity contribution >= 4 is 28.9 Å². The van der Waals surface area contributed by atoms with Gasteiger partial charge in [0.25, 0.3) is 0 Å². The van der Waals surface area contributed by atoms with Gasteiger partial charge in [-0.3, -0.25) is 0 Å². The highest BCUT2D eigenvalue weighted by molar-refractivity contribution is 6.42. The highest BCUT2D eigenvalue weighted by Crippen LogP contribution is 2.37. The van der Waals surface area contributed by atoms with Crippen molar-refractivity contribution in [1.82, 2.24) is 0 Å². The lowest BCUT2D eigenvalue weighted by molar-refractivity contribution is 0.493. The summed E-state index contributed by atoms with van der Waals surface area (Å²) < 4.78 is 40.5. The molecular weight excluding hydrogens is 262 g/mol. The molecule has 0 bridgehead atoms. The quantitative estimate of drug-likeness (QED) is 0.587. The Morgan fingerprint density at radius 3 is 1.75 bits per heavy atom. The van der Waals surface area contributed by atoms with Crippen LogP contribution in [0.3, 0.4) is 0 Å². The Morgan fingerprint density at radius 2 is 1.31 bits per heavy atom. The van der Waals surface area contributed by atoms with Gasteiger partial charge >= 0.3 is 0 Å². The molecule has 0 aromatic heterocycles. The van der Waals surface area contributed by atoms with Crippen LogP contribution < -0.4 is 4.90 Å². The molecule has 0 unspecified atom stereocenters. The van der Waals surface area contributed by atoms with Crippen molar-refractivity contribution in [1.29, 1.82) is 0 Å². The van der Waals surface area contributed by atoms with Gasteiger partial charge in [0, 0.05) is 13.1 Å². The van der Waals surface area contributed by atoms with E-state index in [-0.39, 0.29) is 0 Å². The van der Waals surface area contributed by atoms with E-state index in [0.717, 1.165) is 0 Å². The lowest BCUT2D eigenvalue weighted by atomic mass is 10.2. The first-order chi connectivity index (χ1) is 7.45. The van der Waals surface area contributed by atoms with Gasteiger partial charge in [-0.15, -0.1) is 0 Å². The van der Waals surface area contributed by atoms with Crippen molar-refractivity contribution < 1.29 is 13.2 Å². The van der Waals surface area contributed by atoms with Crippen LogP contribution in [0.5, 0.6) is 0 Å². The zero-order chi connectivity index (χ0) is 12.5. The largest absolute Gasteiger partial charge is 0.367 e. The first kappa shape index (κ1) is 13.5. The van der Waals surface area contributed by atoms with Gasteiger partial charge in [0.05, 0.1) is 0 Å². The van der Waals surface area contributed by atoms with E-state index in [0.29, 0.717) is 13.1 Å². The second kappa shape index (κ2) is 5.15. The molecule has 1 nitrogen and oxygen atoms in total. The molecule has 1 aromatic rings. The Hall–Kier alpha value is -0.610. The van der Waals surface area contributed by atoms with E-state index >= 15 is 0 Å². The predicted octanol–water partition coefficient (Wildman–Crippen LogP) is 4.26. The van der Waals surface area contributed by atoms with Crippen LogP contribution in [0.1, 0.15) is 13.8 Å². The van der Waals surface area contributed by atoms with E-state index in [1.165, 1.54) is 4.90 Å². The fraction of sp³-hybridized carbons (Fsp3) is 0.400. The number of halogens is 5. The summed E-state index contributed by atoms with van der Waals surface area (Å²) in [6.45, 7) is 4.06. The first-order valence-electron chi connectivity index (χ1n) is 4.72. The van der Waals surface area contributed by atoms with Crippen LogP contribution in [0.25, 0.3) is 0 Å². The van der Waals surface area contributed by atoms with Gasteiger partial charge in [0.1, 0.15) is 15.7 Å². The van der Waals surface area contributed by atoms with Crippen LogP contribution in [0.4, 0.5) is 18.9 Å². The molecule has 1 rings (SSSR count). The van der Waals surface area contributed by atoms with Crippen molar-refractivity contribution in [2.45, 2.75) is 13.8 Å². The lowest BCUT2D eigenvalue weighted by Crippen LogP contribution is -2.25. The van der Waals surface area contributed by atoms with Gasteiger partial charge < -0.3 is 4.90 Å². The van der Waals surface area contributed by atoms with Crippen LogP contribution in [0.15, 0.2) is 0 Å². The number of rotatable bonds is 3. The minimum absolute atomic E-state index is 0.335. The molecule has 90 valence electrons. The van der Waals surface area contributed by atoms with Gasteiger partial charge in [-0.25, -0.2) is 13.2 Å². The van der Waals surface area contributed by atoms with Crippen molar-refractivity contribution in [2.24, 2.45) is 0 Å². The van der Waals surface area contributed by atoms with Gasteiger partial charge in [-0.1, -0.05) is 23.2 Å². The second-order valence-corrected chi connectivity index (χ2v) is 3.85. The van der Waals surface area contributed by atoms with Crippen LogP contribution in [0, 0.1) is 17.5 Å². The molecule has 0 aliphatic rings. The molecule has 0 saturated carbocycles. The summed E-state index contributed by atoms with van der Waals surface area (Å²) >= 11 is 10.8. The van der Waals surface area contributed by atoms with E-state index in [1.807, 2.05) is 0 Å². The summed E-state index contributed by atoms with van der Waals surface area (Å²) in [4.78, 5) is 1.33. The maximum Gasteiger partial charge on any atom is 0.186 e. The van der Waals surface area contributed by atoms with Crippen LogP contribution in [-0.4, -0.2) is 13.1 Å². The highest BCUT2D eigenvalue weighted by Gasteiger charge is 2.25. The molecule has 0 saturated heterocycles. The average molecular weight is 272 g/mol. The number of hydrogen-bond acceptors (Lipinski definition) is 1. The minimum atomic E-state index is -1.32. The molecule has 16 heavy (non-hydrogen) atoms. The molecule has 0 heterocycles. The molecule has 6 heteroatoms. The number of nitrogens with zero attached hydrogens (tertiary/aromatic N) is 1. The predicted molar refractivity (Wildman–Crippen MR) is 59.9 cm³/mol. The molecule has 0 fully saturated rings. The zero-order valence-corrected chi connectivity index (χ0v) is 10.3. The van der Waals surface area contributed by atoms with Crippen LogP contribution >= 0.6 is 23.2 Å². The summed E-state index contributed by atoms with van der Waals surface area (Å²) in [6, 6.07) is 0. The van der Waals surface area contributed by atoms with Gasteiger partial charge in [0.15, 0.2) is 17.5 Å². The fourth-order valence-corrected chi connectivity index (χ4v) is 1.75. The van der Waals surface area contributed by atoms with Crippen molar-refractivity contribution in [3.63, 3.8) is 0 Å². The standard InChI is InChI=1S/C10H10Cl2F3N/c1-3-16(4-2)10-8(14)6(12)5(11)7(13)9(10)15/h3-4H2,1-2H3. The monoisotopic (exact) mass is 271 g/mol. The normalized spacial score (nSPS) is 10.7. The fourth-order valence-electron chi connectivity index (χ4n) is 1.41. The molecule has 0 spiro atoms. The minimum Gasteiger partial charge on any atom is -0.367 e. The SMILES string of the molecule is CCN(CC)c1c(F)c(F)c(Cl)c(Cl)c1F. The molecule has 0 aliphatic heterocycles. The lowest BCUT2D eigenvalue weighted by Gasteiger charge is -2.23. The van der Waals surface area contributed by atoms with E-state index < -0.39 is 33.2 Å². The Morgan fingerprint density at radius 1 is 0.875 bits per heavy atom. The molecular formula is C10H10Cl2F3N. The number of hydrogen-bond donors (Lipinski definition) is 0. The van der Waals surface area contributed by atoms with E-state index in [4.69, 9.17) is 23.2 Å². The highest BCUT2D eigenvalue weighted by atomic mass is 35.5. The maximum atomic E-state index is 13.7. The Kier molecular flexibility index (Phi) is 4.33. The summed E-state index contributed by atoms with van der Waals surface area (Å²) in [7, 11) is 0. The third-order valence-corrected chi connectivity index (χ3v) is 3.07. The van der Waals surface area contributed by atoms with Gasteiger partial charge in [-0.2, -0.15) is 0 Å². The topological polar surface area (TPSA) is 3.24 Å². The smallest absolute Gasteiger partial charge is 0.186 e. The van der Waals surface area contributed by atoms with Crippen molar-refractivity contribution in [3.05, 3.63) is 27.5 Å². The number of anilines is 1. The third-order valence-electron chi connectivity index (χ3n) is 2.27. The summed E-state index contributed by atoms with van der Waals surface area (Å²) in [5.74, 6) is -3.67. The summed E-state index contributed by atoms with van der Waals surface area (Å²) in [5.41, 5.74) is -0.475. The number of benzene rings is 1. The first-order valence-corrected chi connectivity index (χ1v) is 5.47. The molecule has 1 aromatic carbocycles. The molecule has 0 radical (unpaired) electrons. The summed E-state index contributed by atoms with van der Waals surface area (Å²) in [5, 5.41) is -1.32. The van der Waals surface area contributed by atoms with Crippen molar-refractivity contribution in [2.75, 3.05) is 18.0 Å². The Balaban J connectivity index is 3.50.